The van der Waals surface area contributed by atoms with Gasteiger partial charge in [-0.2, -0.15) is 9.67 Å². The number of hydrogen-bond donors (Lipinski definition) is 1. The van der Waals surface area contributed by atoms with E-state index >= 15 is 0 Å². The Labute approximate surface area is 159 Å². The highest BCUT2D eigenvalue weighted by Gasteiger charge is 2.21. The van der Waals surface area contributed by atoms with E-state index in [1.807, 2.05) is 30.3 Å². The van der Waals surface area contributed by atoms with Crippen molar-refractivity contribution in [3.05, 3.63) is 78.8 Å². The van der Waals surface area contributed by atoms with Crippen molar-refractivity contribution in [2.75, 3.05) is 0 Å². The number of aromatic amines is 1. The second kappa shape index (κ2) is 6.52. The van der Waals surface area contributed by atoms with E-state index in [9.17, 15) is 14.4 Å². The molecule has 0 radical (unpaired) electrons. The Hall–Kier alpha value is -3.62. The summed E-state index contributed by atoms with van der Waals surface area (Å²) >= 11 is 0. The number of H-pyrrole nitrogens is 1. The minimum Gasteiger partial charge on any atom is -0.302 e. The Bertz CT molecular complexity index is 1350. The predicted molar refractivity (Wildman–Crippen MR) is 105 cm³/mol. The highest BCUT2D eigenvalue weighted by molar-refractivity contribution is 5.72. The minimum absolute atomic E-state index is 0.246. The number of benzene rings is 1. The van der Waals surface area contributed by atoms with Crippen molar-refractivity contribution < 1.29 is 0 Å². The van der Waals surface area contributed by atoms with Crippen LogP contribution in [0.4, 0.5) is 0 Å². The molecule has 3 heterocycles. The van der Waals surface area contributed by atoms with Gasteiger partial charge in [0.2, 0.25) is 5.95 Å². The molecule has 1 N–H and O–H groups in total. The van der Waals surface area contributed by atoms with Crippen LogP contribution >= 0.6 is 0 Å². The fourth-order valence-electron chi connectivity index (χ4n) is 3.37. The van der Waals surface area contributed by atoms with Crippen molar-refractivity contribution in [1.29, 1.82) is 0 Å². The van der Waals surface area contributed by atoms with Gasteiger partial charge < -0.3 is 4.57 Å². The first kappa shape index (κ1) is 17.8. The number of rotatable bonds is 4. The van der Waals surface area contributed by atoms with Gasteiger partial charge in [-0.15, -0.1) is 0 Å². The van der Waals surface area contributed by atoms with Gasteiger partial charge in [0.1, 0.15) is 0 Å². The maximum atomic E-state index is 12.9. The summed E-state index contributed by atoms with van der Waals surface area (Å²) in [4.78, 5) is 42.0. The monoisotopic (exact) mass is 380 g/mol. The van der Waals surface area contributed by atoms with Gasteiger partial charge in [0.05, 0.1) is 0 Å². The second-order valence-corrected chi connectivity index (χ2v) is 6.79. The van der Waals surface area contributed by atoms with Crippen LogP contribution in [0.3, 0.4) is 0 Å². The lowest BCUT2D eigenvalue weighted by molar-refractivity contribution is 0.647. The van der Waals surface area contributed by atoms with Crippen LogP contribution in [0.5, 0.6) is 0 Å². The van der Waals surface area contributed by atoms with Crippen LogP contribution in [0.2, 0.25) is 0 Å². The molecule has 9 nitrogen and oxygen atoms in total. The third-order valence-corrected chi connectivity index (χ3v) is 4.84. The minimum atomic E-state index is -0.466. The van der Waals surface area contributed by atoms with Crippen molar-refractivity contribution in [3.8, 4) is 5.95 Å². The third kappa shape index (κ3) is 2.72. The smallest absolute Gasteiger partial charge is 0.302 e. The van der Waals surface area contributed by atoms with Gasteiger partial charge in [-0.25, -0.2) is 4.79 Å². The first-order chi connectivity index (χ1) is 13.4. The van der Waals surface area contributed by atoms with Crippen molar-refractivity contribution in [1.82, 2.24) is 28.5 Å². The first-order valence-electron chi connectivity index (χ1n) is 8.87. The van der Waals surface area contributed by atoms with Gasteiger partial charge in [0, 0.05) is 32.4 Å². The molecule has 0 unspecified atom stereocenters. The average Bonchev–Trinajstić information content (AvgIpc) is 3.23. The Balaban J connectivity index is 1.99. The standard InChI is InChI=1S/C19H20N6O3/c1-12-11-14(26)25(21-12)18-20-16-15(17(27)23(3)19(28)22(16)2)24(18)10-9-13-7-5-4-6-8-13/h4-8,11,21H,9-10H2,1-3H3. The average molecular weight is 380 g/mol. The number of nitrogens with zero attached hydrogens (tertiary/aromatic N) is 5. The molecule has 0 saturated carbocycles. The molecule has 144 valence electrons. The maximum Gasteiger partial charge on any atom is 0.332 e. The second-order valence-electron chi connectivity index (χ2n) is 6.79. The van der Waals surface area contributed by atoms with Gasteiger partial charge >= 0.3 is 5.69 Å². The van der Waals surface area contributed by atoms with E-state index in [2.05, 4.69) is 10.1 Å². The molecular formula is C19H20N6O3. The molecule has 0 spiro atoms. The zero-order valence-electron chi connectivity index (χ0n) is 15.8. The van der Waals surface area contributed by atoms with E-state index in [4.69, 9.17) is 0 Å². The molecule has 4 rings (SSSR count). The molecule has 0 amide bonds. The van der Waals surface area contributed by atoms with E-state index in [0.717, 1.165) is 10.1 Å². The van der Waals surface area contributed by atoms with E-state index in [-0.39, 0.29) is 22.7 Å². The largest absolute Gasteiger partial charge is 0.332 e. The van der Waals surface area contributed by atoms with Gasteiger partial charge in [-0.3, -0.25) is 23.8 Å². The Morgan fingerprint density at radius 3 is 2.39 bits per heavy atom. The molecular weight excluding hydrogens is 360 g/mol. The molecule has 0 bridgehead atoms. The highest BCUT2D eigenvalue weighted by Crippen LogP contribution is 2.15. The van der Waals surface area contributed by atoms with E-state index < -0.39 is 11.2 Å². The lowest BCUT2D eigenvalue weighted by Gasteiger charge is -2.10. The highest BCUT2D eigenvalue weighted by atomic mass is 16.2. The number of aryl methyl sites for hydroxylation is 4. The number of hydrogen-bond acceptors (Lipinski definition) is 4. The predicted octanol–water partition coefficient (Wildman–Crippen LogP) is 0.464. The summed E-state index contributed by atoms with van der Waals surface area (Å²) in [5, 5.41) is 2.95. The first-order valence-corrected chi connectivity index (χ1v) is 8.87. The number of imidazole rings is 1. The van der Waals surface area contributed by atoms with Crippen LogP contribution in [0.15, 0.2) is 50.8 Å². The molecule has 4 aromatic rings. The zero-order chi connectivity index (χ0) is 20.0. The van der Waals surface area contributed by atoms with Gasteiger partial charge in [0.15, 0.2) is 11.2 Å². The maximum absolute atomic E-state index is 12.9. The van der Waals surface area contributed by atoms with Crippen LogP contribution < -0.4 is 16.8 Å². The zero-order valence-corrected chi connectivity index (χ0v) is 15.8. The van der Waals surface area contributed by atoms with Crippen molar-refractivity contribution in [2.24, 2.45) is 14.1 Å². The quantitative estimate of drug-likeness (QED) is 0.556. The van der Waals surface area contributed by atoms with Crippen molar-refractivity contribution in [2.45, 2.75) is 19.9 Å². The van der Waals surface area contributed by atoms with E-state index in [0.29, 0.717) is 18.7 Å². The van der Waals surface area contributed by atoms with Crippen LogP contribution in [0.25, 0.3) is 17.1 Å². The summed E-state index contributed by atoms with van der Waals surface area (Å²) in [5.74, 6) is 0.280. The lowest BCUT2D eigenvalue weighted by atomic mass is 10.1. The summed E-state index contributed by atoms with van der Waals surface area (Å²) in [6.45, 7) is 2.19. The molecule has 0 aliphatic rings. The molecule has 1 aromatic carbocycles. The van der Waals surface area contributed by atoms with E-state index in [1.54, 1.807) is 18.5 Å². The SMILES string of the molecule is Cc1cc(=O)n(-c2nc3c(c(=O)n(C)c(=O)n3C)n2CCc2ccccc2)[nH]1. The van der Waals surface area contributed by atoms with Crippen LogP contribution in [-0.4, -0.2) is 28.5 Å². The van der Waals surface area contributed by atoms with Gasteiger partial charge in [-0.05, 0) is 18.9 Å². The molecule has 0 saturated heterocycles. The molecule has 3 aromatic heterocycles. The molecule has 28 heavy (non-hydrogen) atoms. The van der Waals surface area contributed by atoms with Gasteiger partial charge in [0.25, 0.3) is 11.1 Å². The number of aromatic nitrogens is 6. The fraction of sp³-hybridized carbons (Fsp3) is 0.263. The number of nitrogens with one attached hydrogen (secondary N) is 1. The normalized spacial score (nSPS) is 11.4. The lowest BCUT2D eigenvalue weighted by Crippen LogP contribution is -2.37. The van der Waals surface area contributed by atoms with Crippen LogP contribution in [-0.2, 0) is 27.1 Å². The summed E-state index contributed by atoms with van der Waals surface area (Å²) in [6.07, 6.45) is 0.639. The summed E-state index contributed by atoms with van der Waals surface area (Å²) in [6, 6.07) is 11.3. The molecule has 0 atom stereocenters. The van der Waals surface area contributed by atoms with Crippen molar-refractivity contribution in [3.63, 3.8) is 0 Å². The molecule has 0 aliphatic carbocycles. The topological polar surface area (TPSA) is 99.6 Å². The summed E-state index contributed by atoms with van der Waals surface area (Å²) in [7, 11) is 2.99. The Morgan fingerprint density at radius 2 is 1.75 bits per heavy atom. The Morgan fingerprint density at radius 1 is 1.04 bits per heavy atom. The number of fused-ring (bicyclic) bond motifs is 1. The summed E-state index contributed by atoms with van der Waals surface area (Å²) in [5.41, 5.74) is 1.11. The fourth-order valence-corrected chi connectivity index (χ4v) is 3.37. The molecule has 0 aliphatic heterocycles. The van der Waals surface area contributed by atoms with Crippen LogP contribution in [0, 0.1) is 6.92 Å². The van der Waals surface area contributed by atoms with Crippen molar-refractivity contribution >= 4 is 11.2 Å². The Kier molecular flexibility index (Phi) is 4.14. The molecule has 0 fully saturated rings. The van der Waals surface area contributed by atoms with E-state index in [1.165, 1.54) is 22.4 Å². The molecule has 9 heteroatoms. The summed E-state index contributed by atoms with van der Waals surface area (Å²) < 4.78 is 5.36. The van der Waals surface area contributed by atoms with Gasteiger partial charge in [-0.1, -0.05) is 30.3 Å². The third-order valence-electron chi connectivity index (χ3n) is 4.84. The van der Waals surface area contributed by atoms with Crippen LogP contribution in [0.1, 0.15) is 11.3 Å².